The number of benzene rings is 2. The molecule has 4 heteroatoms. The monoisotopic (exact) mass is 301 g/mol. The zero-order valence-corrected chi connectivity index (χ0v) is 12.6. The van der Waals surface area contributed by atoms with E-state index in [0.29, 0.717) is 13.0 Å². The third-order valence-electron chi connectivity index (χ3n) is 3.57. The van der Waals surface area contributed by atoms with E-state index >= 15 is 0 Å². The highest BCUT2D eigenvalue weighted by Gasteiger charge is 2.06. The Labute approximate surface area is 129 Å². The minimum atomic E-state index is -0.436. The van der Waals surface area contributed by atoms with E-state index in [1.807, 2.05) is 24.3 Å². The number of carbonyl (C=O) groups excluding carboxylic acids is 1. The first-order valence-electron chi connectivity index (χ1n) is 7.35. The van der Waals surface area contributed by atoms with Crippen molar-refractivity contribution in [2.75, 3.05) is 0 Å². The molecule has 2 aromatic carbocycles. The first kappa shape index (κ1) is 16.2. The number of hydrogen-bond acceptors (Lipinski definition) is 2. The van der Waals surface area contributed by atoms with Gasteiger partial charge in [-0.3, -0.25) is 4.79 Å². The molecule has 0 spiro atoms. The minimum absolute atomic E-state index is 0.0841. The van der Waals surface area contributed by atoms with Gasteiger partial charge in [0, 0.05) is 12.1 Å². The standard InChI is InChI=1S/C18H20FNO2/c1-2-13-3-5-14(6-4-13)10-18(22)20-11-15-7-8-17(19)16(9-15)12-21/h3-9,21H,2,10-12H2,1H3,(H,20,22). The van der Waals surface area contributed by atoms with Crippen LogP contribution in [0.15, 0.2) is 42.5 Å². The fraction of sp³-hybridized carbons (Fsp3) is 0.278. The van der Waals surface area contributed by atoms with Gasteiger partial charge >= 0.3 is 0 Å². The number of hydrogen-bond donors (Lipinski definition) is 2. The van der Waals surface area contributed by atoms with Crippen molar-refractivity contribution in [3.63, 3.8) is 0 Å². The number of halogens is 1. The Balaban J connectivity index is 1.89. The van der Waals surface area contributed by atoms with Crippen molar-refractivity contribution in [1.29, 1.82) is 0 Å². The zero-order valence-electron chi connectivity index (χ0n) is 12.6. The molecule has 22 heavy (non-hydrogen) atoms. The van der Waals surface area contributed by atoms with Crippen LogP contribution in [0.25, 0.3) is 0 Å². The van der Waals surface area contributed by atoms with Crippen LogP contribution in [0.3, 0.4) is 0 Å². The van der Waals surface area contributed by atoms with Gasteiger partial charge < -0.3 is 10.4 Å². The van der Waals surface area contributed by atoms with Crippen LogP contribution in [0.5, 0.6) is 0 Å². The van der Waals surface area contributed by atoms with Crippen LogP contribution in [0.2, 0.25) is 0 Å². The molecule has 2 N–H and O–H groups in total. The highest BCUT2D eigenvalue weighted by Crippen LogP contribution is 2.11. The molecule has 0 aliphatic heterocycles. The fourth-order valence-corrected chi connectivity index (χ4v) is 2.20. The zero-order chi connectivity index (χ0) is 15.9. The Bertz CT molecular complexity index is 638. The number of aliphatic hydroxyl groups excluding tert-OH is 1. The van der Waals surface area contributed by atoms with Crippen molar-refractivity contribution < 1.29 is 14.3 Å². The maximum absolute atomic E-state index is 13.3. The van der Waals surface area contributed by atoms with Crippen LogP contribution < -0.4 is 5.32 Å². The quantitative estimate of drug-likeness (QED) is 0.862. The average Bonchev–Trinajstić information content (AvgIpc) is 2.55. The van der Waals surface area contributed by atoms with E-state index in [-0.39, 0.29) is 18.1 Å². The van der Waals surface area contributed by atoms with E-state index < -0.39 is 5.82 Å². The number of aliphatic hydroxyl groups is 1. The number of aryl methyl sites for hydroxylation is 1. The molecule has 2 aromatic rings. The summed E-state index contributed by atoms with van der Waals surface area (Å²) in [5.74, 6) is -0.521. The summed E-state index contributed by atoms with van der Waals surface area (Å²) in [7, 11) is 0. The van der Waals surface area contributed by atoms with Gasteiger partial charge in [0.15, 0.2) is 0 Å². The number of amides is 1. The molecular formula is C18H20FNO2. The fourth-order valence-electron chi connectivity index (χ4n) is 2.20. The molecule has 0 saturated carbocycles. The Hall–Kier alpha value is -2.20. The van der Waals surface area contributed by atoms with E-state index in [4.69, 9.17) is 5.11 Å². The Morgan fingerprint density at radius 3 is 2.36 bits per heavy atom. The molecular weight excluding hydrogens is 281 g/mol. The van der Waals surface area contributed by atoms with Gasteiger partial charge in [-0.05, 0) is 35.2 Å². The molecule has 0 aliphatic rings. The molecule has 116 valence electrons. The van der Waals surface area contributed by atoms with E-state index in [1.54, 1.807) is 12.1 Å². The van der Waals surface area contributed by atoms with Crippen LogP contribution in [0, 0.1) is 5.82 Å². The summed E-state index contributed by atoms with van der Waals surface area (Å²) < 4.78 is 13.3. The molecule has 0 radical (unpaired) electrons. The van der Waals surface area contributed by atoms with Crippen molar-refractivity contribution in [2.24, 2.45) is 0 Å². The van der Waals surface area contributed by atoms with E-state index in [0.717, 1.165) is 17.5 Å². The molecule has 0 saturated heterocycles. The van der Waals surface area contributed by atoms with Crippen molar-refractivity contribution in [1.82, 2.24) is 5.32 Å². The normalized spacial score (nSPS) is 10.5. The van der Waals surface area contributed by atoms with Crippen LogP contribution in [-0.2, 0) is 30.8 Å². The molecule has 0 unspecified atom stereocenters. The summed E-state index contributed by atoms with van der Waals surface area (Å²) in [5, 5.41) is 11.8. The molecule has 3 nitrogen and oxygen atoms in total. The predicted molar refractivity (Wildman–Crippen MR) is 83.7 cm³/mol. The number of carbonyl (C=O) groups is 1. The Kier molecular flexibility index (Phi) is 5.67. The molecule has 0 aliphatic carbocycles. The summed E-state index contributed by atoms with van der Waals surface area (Å²) in [6, 6.07) is 12.4. The third kappa shape index (κ3) is 4.40. The number of nitrogens with one attached hydrogen (secondary N) is 1. The number of rotatable bonds is 6. The van der Waals surface area contributed by atoms with Crippen LogP contribution in [0.4, 0.5) is 4.39 Å². The van der Waals surface area contributed by atoms with Crippen molar-refractivity contribution in [3.05, 3.63) is 70.5 Å². The van der Waals surface area contributed by atoms with Crippen LogP contribution in [0.1, 0.15) is 29.2 Å². The lowest BCUT2D eigenvalue weighted by molar-refractivity contribution is -0.120. The van der Waals surface area contributed by atoms with Crippen molar-refractivity contribution in [3.8, 4) is 0 Å². The lowest BCUT2D eigenvalue weighted by atomic mass is 10.1. The molecule has 0 fully saturated rings. The van der Waals surface area contributed by atoms with Gasteiger partial charge in [-0.25, -0.2) is 4.39 Å². The maximum atomic E-state index is 13.3. The highest BCUT2D eigenvalue weighted by atomic mass is 19.1. The second-order valence-corrected chi connectivity index (χ2v) is 5.21. The average molecular weight is 301 g/mol. The summed E-state index contributed by atoms with van der Waals surface area (Å²) in [6.07, 6.45) is 1.29. The smallest absolute Gasteiger partial charge is 0.224 e. The van der Waals surface area contributed by atoms with Crippen LogP contribution >= 0.6 is 0 Å². The van der Waals surface area contributed by atoms with Gasteiger partial charge in [-0.2, -0.15) is 0 Å². The molecule has 2 rings (SSSR count). The van der Waals surface area contributed by atoms with Gasteiger partial charge in [-0.1, -0.05) is 37.3 Å². The largest absolute Gasteiger partial charge is 0.392 e. The molecule has 0 heterocycles. The van der Waals surface area contributed by atoms with Gasteiger partial charge in [0.05, 0.1) is 13.0 Å². The molecule has 0 bridgehead atoms. The topological polar surface area (TPSA) is 49.3 Å². The molecule has 1 amide bonds. The van der Waals surface area contributed by atoms with Gasteiger partial charge in [0.1, 0.15) is 5.82 Å². The summed E-state index contributed by atoms with van der Waals surface area (Å²) in [6.45, 7) is 2.06. The summed E-state index contributed by atoms with van der Waals surface area (Å²) in [5.41, 5.74) is 3.21. The SMILES string of the molecule is CCc1ccc(CC(=O)NCc2ccc(F)c(CO)c2)cc1. The lowest BCUT2D eigenvalue weighted by Gasteiger charge is -2.08. The molecule has 0 atom stereocenters. The van der Waals surface area contributed by atoms with Gasteiger partial charge in [-0.15, -0.1) is 0 Å². The van der Waals surface area contributed by atoms with Gasteiger partial charge in [0.2, 0.25) is 5.91 Å². The second-order valence-electron chi connectivity index (χ2n) is 5.21. The summed E-state index contributed by atoms with van der Waals surface area (Å²) in [4.78, 5) is 11.9. The van der Waals surface area contributed by atoms with E-state index in [2.05, 4.69) is 12.2 Å². The van der Waals surface area contributed by atoms with Crippen molar-refractivity contribution in [2.45, 2.75) is 32.9 Å². The van der Waals surface area contributed by atoms with Crippen LogP contribution in [-0.4, -0.2) is 11.0 Å². The third-order valence-corrected chi connectivity index (χ3v) is 3.57. The molecule has 0 aromatic heterocycles. The minimum Gasteiger partial charge on any atom is -0.392 e. The van der Waals surface area contributed by atoms with E-state index in [1.165, 1.54) is 11.6 Å². The van der Waals surface area contributed by atoms with Gasteiger partial charge in [0.25, 0.3) is 0 Å². The Morgan fingerprint density at radius 1 is 1.09 bits per heavy atom. The van der Waals surface area contributed by atoms with Crippen molar-refractivity contribution >= 4 is 5.91 Å². The first-order chi connectivity index (χ1) is 10.6. The summed E-state index contributed by atoms with van der Waals surface area (Å²) >= 11 is 0. The lowest BCUT2D eigenvalue weighted by Crippen LogP contribution is -2.24. The van der Waals surface area contributed by atoms with E-state index in [9.17, 15) is 9.18 Å². The second kappa shape index (κ2) is 7.71. The Morgan fingerprint density at radius 2 is 1.73 bits per heavy atom. The first-order valence-corrected chi connectivity index (χ1v) is 7.35. The maximum Gasteiger partial charge on any atom is 0.224 e. The highest BCUT2D eigenvalue weighted by molar-refractivity contribution is 5.78. The predicted octanol–water partition coefficient (Wildman–Crippen LogP) is 2.74.